The summed E-state index contributed by atoms with van der Waals surface area (Å²) in [5, 5.41) is 11.7. The zero-order valence-electron chi connectivity index (χ0n) is 10.3. The Morgan fingerprint density at radius 2 is 2.11 bits per heavy atom. The van der Waals surface area contributed by atoms with E-state index in [0.29, 0.717) is 12.2 Å². The highest BCUT2D eigenvalue weighted by molar-refractivity contribution is 8.00. The molecule has 0 amide bonds. The monoisotopic (exact) mass is 286 g/mol. The molecule has 1 aromatic carbocycles. The van der Waals surface area contributed by atoms with E-state index >= 15 is 0 Å². The number of nitriles is 1. The first-order valence-electron chi connectivity index (χ1n) is 5.81. The van der Waals surface area contributed by atoms with Crippen molar-refractivity contribution in [3.05, 3.63) is 29.3 Å². The number of nitrogens with one attached hydrogen (secondary N) is 1. The molecule has 2 rings (SSSR count). The van der Waals surface area contributed by atoms with Gasteiger partial charge in [0.25, 0.3) is 0 Å². The lowest BCUT2D eigenvalue weighted by Crippen LogP contribution is -2.18. The van der Waals surface area contributed by atoms with Crippen LogP contribution in [0.2, 0.25) is 0 Å². The van der Waals surface area contributed by atoms with Crippen LogP contribution in [0.4, 0.5) is 18.9 Å². The third-order valence-electron chi connectivity index (χ3n) is 3.30. The van der Waals surface area contributed by atoms with Crippen LogP contribution in [0, 0.1) is 11.3 Å². The molecular weight excluding hydrogens is 273 g/mol. The number of hydrogen-bond acceptors (Lipinski definition) is 3. The highest BCUT2D eigenvalue weighted by atomic mass is 32.2. The fourth-order valence-corrected chi connectivity index (χ4v) is 2.57. The topological polar surface area (TPSA) is 35.8 Å². The van der Waals surface area contributed by atoms with E-state index in [-0.39, 0.29) is 10.3 Å². The zero-order chi connectivity index (χ0) is 14.1. The van der Waals surface area contributed by atoms with Gasteiger partial charge in [0.15, 0.2) is 0 Å². The first-order valence-corrected chi connectivity index (χ1v) is 7.03. The van der Waals surface area contributed by atoms with Crippen LogP contribution >= 0.6 is 11.8 Å². The lowest BCUT2D eigenvalue weighted by molar-refractivity contribution is -0.137. The number of anilines is 1. The maximum atomic E-state index is 12.8. The minimum absolute atomic E-state index is 0.173. The summed E-state index contributed by atoms with van der Waals surface area (Å²) in [5.74, 6) is 0. The fraction of sp³-hybridized carbons (Fsp3) is 0.462. The molecule has 2 nitrogen and oxygen atoms in total. The Bertz CT molecular complexity index is 516. The molecule has 0 spiro atoms. The van der Waals surface area contributed by atoms with Gasteiger partial charge in [-0.2, -0.15) is 30.2 Å². The number of hydrogen-bond donors (Lipinski definition) is 1. The van der Waals surface area contributed by atoms with Crippen LogP contribution in [-0.4, -0.2) is 17.5 Å². The van der Waals surface area contributed by atoms with E-state index in [4.69, 9.17) is 5.26 Å². The lowest BCUT2D eigenvalue weighted by atomic mass is 10.1. The Balaban J connectivity index is 2.17. The van der Waals surface area contributed by atoms with Crippen molar-refractivity contribution in [1.82, 2.24) is 0 Å². The average Bonchev–Trinajstić information content (AvgIpc) is 3.16. The predicted octanol–water partition coefficient (Wildman–Crippen LogP) is 3.88. The first kappa shape index (κ1) is 14.1. The average molecular weight is 286 g/mol. The van der Waals surface area contributed by atoms with E-state index < -0.39 is 11.7 Å². The van der Waals surface area contributed by atoms with Crippen molar-refractivity contribution in [2.45, 2.75) is 23.8 Å². The van der Waals surface area contributed by atoms with Crippen molar-refractivity contribution in [3.63, 3.8) is 0 Å². The third-order valence-corrected chi connectivity index (χ3v) is 4.72. The molecule has 1 aromatic rings. The second-order valence-corrected chi connectivity index (χ2v) is 5.88. The van der Waals surface area contributed by atoms with Crippen molar-refractivity contribution in [2.75, 3.05) is 18.1 Å². The van der Waals surface area contributed by atoms with E-state index in [1.807, 2.05) is 6.26 Å². The molecule has 0 heterocycles. The number of benzene rings is 1. The van der Waals surface area contributed by atoms with Crippen molar-refractivity contribution >= 4 is 17.4 Å². The summed E-state index contributed by atoms with van der Waals surface area (Å²) in [7, 11) is 0. The van der Waals surface area contributed by atoms with Gasteiger partial charge in [0.2, 0.25) is 0 Å². The normalized spacial score (nSPS) is 16.8. The highest BCUT2D eigenvalue weighted by Gasteiger charge is 2.41. The first-order chi connectivity index (χ1) is 8.90. The second kappa shape index (κ2) is 4.97. The van der Waals surface area contributed by atoms with Gasteiger partial charge in [-0.1, -0.05) is 0 Å². The SMILES string of the molecule is CSC1(CNc2ccc(C#N)c(C(F)(F)F)c2)CC1. The van der Waals surface area contributed by atoms with Crippen molar-refractivity contribution in [1.29, 1.82) is 5.26 Å². The van der Waals surface area contributed by atoms with Crippen LogP contribution in [0.5, 0.6) is 0 Å². The van der Waals surface area contributed by atoms with E-state index in [1.54, 1.807) is 17.8 Å². The Morgan fingerprint density at radius 1 is 1.42 bits per heavy atom. The van der Waals surface area contributed by atoms with Crippen LogP contribution < -0.4 is 5.32 Å². The number of thioether (sulfide) groups is 1. The molecule has 1 aliphatic carbocycles. The molecule has 102 valence electrons. The molecule has 0 aromatic heterocycles. The number of alkyl halides is 3. The van der Waals surface area contributed by atoms with E-state index in [2.05, 4.69) is 5.32 Å². The summed E-state index contributed by atoms with van der Waals surface area (Å²) in [6, 6.07) is 5.31. The number of nitrogens with zero attached hydrogens (tertiary/aromatic N) is 1. The van der Waals surface area contributed by atoms with Gasteiger partial charge in [-0.15, -0.1) is 0 Å². The van der Waals surface area contributed by atoms with Crippen molar-refractivity contribution in [3.8, 4) is 6.07 Å². The van der Waals surface area contributed by atoms with Gasteiger partial charge in [0, 0.05) is 17.0 Å². The van der Waals surface area contributed by atoms with Gasteiger partial charge < -0.3 is 5.32 Å². The summed E-state index contributed by atoms with van der Waals surface area (Å²) in [5.41, 5.74) is -0.815. The Labute approximate surface area is 114 Å². The molecule has 0 unspecified atom stereocenters. The predicted molar refractivity (Wildman–Crippen MR) is 70.1 cm³/mol. The quantitative estimate of drug-likeness (QED) is 0.912. The molecule has 0 atom stereocenters. The molecule has 1 fully saturated rings. The molecule has 0 radical (unpaired) electrons. The van der Waals surface area contributed by atoms with Gasteiger partial charge in [-0.05, 0) is 37.3 Å². The maximum Gasteiger partial charge on any atom is 0.417 e. The second-order valence-electron chi connectivity index (χ2n) is 4.61. The van der Waals surface area contributed by atoms with Gasteiger partial charge in [0.05, 0.1) is 17.2 Å². The number of halogens is 3. The van der Waals surface area contributed by atoms with Gasteiger partial charge in [-0.3, -0.25) is 0 Å². The van der Waals surface area contributed by atoms with Crippen LogP contribution in [0.15, 0.2) is 18.2 Å². The molecule has 1 saturated carbocycles. The molecule has 6 heteroatoms. The summed E-state index contributed by atoms with van der Waals surface area (Å²) in [6.45, 7) is 0.650. The maximum absolute atomic E-state index is 12.8. The molecule has 0 bridgehead atoms. The summed E-state index contributed by atoms with van der Waals surface area (Å²) < 4.78 is 38.5. The van der Waals surface area contributed by atoms with Gasteiger partial charge >= 0.3 is 6.18 Å². The van der Waals surface area contributed by atoms with E-state index in [1.165, 1.54) is 12.1 Å². The van der Waals surface area contributed by atoms with E-state index in [9.17, 15) is 13.2 Å². The van der Waals surface area contributed by atoms with Crippen LogP contribution in [0.1, 0.15) is 24.0 Å². The van der Waals surface area contributed by atoms with Crippen molar-refractivity contribution in [2.24, 2.45) is 0 Å². The summed E-state index contributed by atoms with van der Waals surface area (Å²) >= 11 is 1.74. The number of rotatable bonds is 4. The third kappa shape index (κ3) is 3.16. The Morgan fingerprint density at radius 3 is 2.58 bits per heavy atom. The standard InChI is InChI=1S/C13H13F3N2S/c1-19-12(4-5-12)8-18-10-3-2-9(7-17)11(6-10)13(14,15)16/h2-3,6,18H,4-5,8H2,1H3. The molecule has 1 N–H and O–H groups in total. The fourth-order valence-electron chi connectivity index (χ4n) is 1.84. The minimum atomic E-state index is -4.50. The zero-order valence-corrected chi connectivity index (χ0v) is 11.2. The lowest BCUT2D eigenvalue weighted by Gasteiger charge is -2.16. The smallest absolute Gasteiger partial charge is 0.384 e. The Kier molecular flexibility index (Phi) is 3.68. The van der Waals surface area contributed by atoms with Crippen LogP contribution in [-0.2, 0) is 6.18 Å². The van der Waals surface area contributed by atoms with Crippen LogP contribution in [0.3, 0.4) is 0 Å². The molecule has 19 heavy (non-hydrogen) atoms. The highest BCUT2D eigenvalue weighted by Crippen LogP contribution is 2.47. The molecular formula is C13H13F3N2S. The Hall–Kier alpha value is -1.35. The van der Waals surface area contributed by atoms with Crippen LogP contribution in [0.25, 0.3) is 0 Å². The summed E-state index contributed by atoms with van der Waals surface area (Å²) in [6.07, 6.45) is -0.318. The van der Waals surface area contributed by atoms with Gasteiger partial charge in [-0.25, -0.2) is 0 Å². The molecule has 0 saturated heterocycles. The summed E-state index contributed by atoms with van der Waals surface area (Å²) in [4.78, 5) is 0. The molecule has 1 aliphatic rings. The van der Waals surface area contributed by atoms with Gasteiger partial charge in [0.1, 0.15) is 0 Å². The van der Waals surface area contributed by atoms with Crippen molar-refractivity contribution < 1.29 is 13.2 Å². The largest absolute Gasteiger partial charge is 0.417 e. The van der Waals surface area contributed by atoms with E-state index in [0.717, 1.165) is 18.9 Å². The molecule has 0 aliphatic heterocycles. The minimum Gasteiger partial charge on any atom is -0.384 e.